The second-order valence-corrected chi connectivity index (χ2v) is 15.9. The predicted molar refractivity (Wildman–Crippen MR) is 64.0 cm³/mol. The number of Topliss-reactive ketones (excluding diaryl/α,β-unsaturated/α-hetero) is 2. The van der Waals surface area contributed by atoms with Crippen LogP contribution in [0, 0.1) is 5.41 Å². The molecule has 1 aliphatic carbocycles. The van der Waals surface area contributed by atoms with Crippen molar-refractivity contribution in [1.29, 1.82) is 0 Å². The fourth-order valence-corrected chi connectivity index (χ4v) is 17.5. The fourth-order valence-electron chi connectivity index (χ4n) is 4.09. The van der Waals surface area contributed by atoms with E-state index in [1.807, 2.05) is 6.92 Å². The maximum absolute atomic E-state index is 12.5. The van der Waals surface area contributed by atoms with Crippen LogP contribution in [-0.2, 0) is 9.59 Å². The zero-order valence-electron chi connectivity index (χ0n) is 10.0. The summed E-state index contributed by atoms with van der Waals surface area (Å²) in [6.07, 6.45) is 1.67. The molecular weight excluding hydrogens is 334 g/mol. The molecule has 0 aromatic heterocycles. The summed E-state index contributed by atoms with van der Waals surface area (Å²) in [5.74, 6) is 0.519. The van der Waals surface area contributed by atoms with E-state index in [1.165, 1.54) is 0 Å². The SMILES string of the molecule is CC12CC3(C)C(=O)C(C)(CC(C)([Se]1)C3=O)[Se]2. The quantitative estimate of drug-likeness (QED) is 0.494. The summed E-state index contributed by atoms with van der Waals surface area (Å²) in [5, 5.41) is 0. The number of ketones is 2. The van der Waals surface area contributed by atoms with Crippen LogP contribution in [0.3, 0.4) is 0 Å². The van der Waals surface area contributed by atoms with Crippen LogP contribution >= 0.6 is 0 Å². The van der Waals surface area contributed by atoms with Gasteiger partial charge in [-0.3, -0.25) is 0 Å². The molecule has 3 aliphatic heterocycles. The van der Waals surface area contributed by atoms with E-state index >= 15 is 0 Å². The van der Waals surface area contributed by atoms with Gasteiger partial charge in [0.25, 0.3) is 0 Å². The van der Waals surface area contributed by atoms with Crippen molar-refractivity contribution in [2.75, 3.05) is 0 Å². The normalized spacial score (nSPS) is 59.5. The minimum absolute atomic E-state index is 0.155. The van der Waals surface area contributed by atoms with E-state index in [1.54, 1.807) is 0 Å². The van der Waals surface area contributed by atoms with E-state index in [4.69, 9.17) is 0 Å². The van der Waals surface area contributed by atoms with Gasteiger partial charge in [-0.25, -0.2) is 0 Å². The molecule has 4 rings (SSSR count). The first-order valence-electron chi connectivity index (χ1n) is 5.64. The number of carbonyl (C=O) groups excluding carboxylic acids is 2. The summed E-state index contributed by atoms with van der Waals surface area (Å²) in [5.41, 5.74) is -0.642. The molecule has 4 aliphatic rings. The Bertz CT molecular complexity index is 401. The van der Waals surface area contributed by atoms with Gasteiger partial charge in [0.05, 0.1) is 0 Å². The average molecular weight is 350 g/mol. The average Bonchev–Trinajstić information content (AvgIpc) is 2.08. The van der Waals surface area contributed by atoms with Crippen LogP contribution in [0.1, 0.15) is 40.5 Å². The number of rotatable bonds is 0. The minimum atomic E-state index is -0.642. The first-order valence-corrected chi connectivity index (χ1v) is 9.07. The van der Waals surface area contributed by atoms with Gasteiger partial charge < -0.3 is 0 Å². The summed E-state index contributed by atoms with van der Waals surface area (Å²) in [7, 11) is 0. The number of hydrogen-bond acceptors (Lipinski definition) is 2. The predicted octanol–water partition coefficient (Wildman–Crippen LogP) is 1.85. The molecule has 0 aromatic rings. The molecule has 0 aromatic carbocycles. The molecule has 0 amide bonds. The van der Waals surface area contributed by atoms with Crippen LogP contribution in [0.2, 0.25) is 11.8 Å². The first kappa shape index (κ1) is 11.5. The first-order chi connectivity index (χ1) is 7.14. The monoisotopic (exact) mass is 352 g/mol. The summed E-state index contributed by atoms with van der Waals surface area (Å²) >= 11 is 0.771. The summed E-state index contributed by atoms with van der Waals surface area (Å²) in [6.45, 7) is 8.46. The Morgan fingerprint density at radius 3 is 1.75 bits per heavy atom. The molecule has 0 spiro atoms. The van der Waals surface area contributed by atoms with Gasteiger partial charge >= 0.3 is 109 Å². The summed E-state index contributed by atoms with van der Waals surface area (Å²) in [6, 6.07) is 0. The molecule has 2 atom stereocenters. The molecule has 4 fully saturated rings. The summed E-state index contributed by atoms with van der Waals surface area (Å²) < 4.78 is 0.0210. The third-order valence-electron chi connectivity index (χ3n) is 4.19. The zero-order valence-corrected chi connectivity index (χ0v) is 13.5. The number of hydrogen-bond donors (Lipinski definition) is 0. The van der Waals surface area contributed by atoms with Gasteiger partial charge in [0, 0.05) is 0 Å². The standard InChI is InChI=1S/C12H16O2Se2/c1-9-5-12(4)15-10(2,7(9)13)6-11(3,16-12)8(9)14/h5-6H2,1-4H3. The Balaban J connectivity index is 2.24. The van der Waals surface area contributed by atoms with E-state index < -0.39 is 5.41 Å². The second kappa shape index (κ2) is 2.69. The molecule has 3 heterocycles. The van der Waals surface area contributed by atoms with E-state index in [-0.39, 0.29) is 20.2 Å². The van der Waals surface area contributed by atoms with Crippen molar-refractivity contribution >= 4 is 41.5 Å². The van der Waals surface area contributed by atoms with Gasteiger partial charge in [0.2, 0.25) is 0 Å². The molecule has 2 unspecified atom stereocenters. The Morgan fingerprint density at radius 2 is 1.31 bits per heavy atom. The molecule has 1 saturated carbocycles. The van der Waals surface area contributed by atoms with Gasteiger partial charge in [0.1, 0.15) is 0 Å². The molecule has 2 nitrogen and oxygen atoms in total. The number of carbonyl (C=O) groups is 2. The van der Waals surface area contributed by atoms with E-state index in [9.17, 15) is 9.59 Å². The van der Waals surface area contributed by atoms with Crippen molar-refractivity contribution in [2.24, 2.45) is 5.41 Å². The van der Waals surface area contributed by atoms with Crippen molar-refractivity contribution in [3.8, 4) is 0 Å². The Kier molecular flexibility index (Phi) is 1.93. The van der Waals surface area contributed by atoms with Gasteiger partial charge in [-0.1, -0.05) is 0 Å². The molecule has 16 heavy (non-hydrogen) atoms. The van der Waals surface area contributed by atoms with Gasteiger partial charge in [0.15, 0.2) is 0 Å². The summed E-state index contributed by atoms with van der Waals surface area (Å²) in [4.78, 5) is 25.0. The molecule has 88 valence electrons. The third kappa shape index (κ3) is 1.10. The second-order valence-electron chi connectivity index (χ2n) is 6.14. The zero-order chi connectivity index (χ0) is 12.0. The van der Waals surface area contributed by atoms with Crippen LogP contribution in [0.5, 0.6) is 0 Å². The van der Waals surface area contributed by atoms with Crippen LogP contribution in [0.25, 0.3) is 0 Å². The van der Waals surface area contributed by atoms with Crippen molar-refractivity contribution in [1.82, 2.24) is 0 Å². The van der Waals surface area contributed by atoms with Crippen molar-refractivity contribution in [3.63, 3.8) is 0 Å². The van der Waals surface area contributed by atoms with Crippen molar-refractivity contribution < 1.29 is 9.59 Å². The van der Waals surface area contributed by atoms with Gasteiger partial charge in [-0.2, -0.15) is 0 Å². The van der Waals surface area contributed by atoms with Crippen molar-refractivity contribution in [3.05, 3.63) is 0 Å². The Morgan fingerprint density at radius 1 is 0.875 bits per heavy atom. The molecule has 4 heteroatoms. The van der Waals surface area contributed by atoms with E-state index in [0.29, 0.717) is 33.1 Å². The molecule has 4 bridgehead atoms. The fraction of sp³-hybridized carbons (Fsp3) is 0.833. The molecule has 0 N–H and O–H groups in total. The Labute approximate surface area is 109 Å². The topological polar surface area (TPSA) is 34.1 Å². The molecule has 0 radical (unpaired) electrons. The third-order valence-corrected chi connectivity index (χ3v) is 11.7. The van der Waals surface area contributed by atoms with Gasteiger partial charge in [-0.05, 0) is 0 Å². The van der Waals surface area contributed by atoms with Crippen molar-refractivity contribution in [2.45, 2.75) is 52.4 Å². The van der Waals surface area contributed by atoms with Crippen LogP contribution in [0.15, 0.2) is 0 Å². The Hall–Kier alpha value is 0.379. The molecular formula is C12H16O2Se2. The maximum atomic E-state index is 12.5. The van der Waals surface area contributed by atoms with E-state index in [0.717, 1.165) is 12.8 Å². The van der Waals surface area contributed by atoms with Gasteiger partial charge in [-0.15, -0.1) is 0 Å². The molecule has 3 saturated heterocycles. The van der Waals surface area contributed by atoms with Crippen LogP contribution < -0.4 is 0 Å². The van der Waals surface area contributed by atoms with Crippen LogP contribution in [-0.4, -0.2) is 41.5 Å². The van der Waals surface area contributed by atoms with Crippen LogP contribution in [0.4, 0.5) is 0 Å². The van der Waals surface area contributed by atoms with E-state index in [2.05, 4.69) is 20.8 Å².